The van der Waals surface area contributed by atoms with Crippen LogP contribution in [0.1, 0.15) is 48.9 Å². The molecule has 0 unspecified atom stereocenters. The maximum Gasteiger partial charge on any atom is 0.282 e. The van der Waals surface area contributed by atoms with Gasteiger partial charge < -0.3 is 10.6 Å². The minimum Gasteiger partial charge on any atom is -0.351 e. The molecule has 128 valence electrons. The van der Waals surface area contributed by atoms with Crippen LogP contribution in [0.5, 0.6) is 0 Å². The summed E-state index contributed by atoms with van der Waals surface area (Å²) in [5.74, 6) is -0.394. The monoisotopic (exact) mass is 341 g/mol. The summed E-state index contributed by atoms with van der Waals surface area (Å²) in [7, 11) is 0. The summed E-state index contributed by atoms with van der Waals surface area (Å²) in [5, 5.41) is 17.1. The third-order valence-corrected chi connectivity index (χ3v) is 4.04. The zero-order valence-electron chi connectivity index (χ0n) is 13.1. The van der Waals surface area contributed by atoms with Gasteiger partial charge in [-0.25, -0.2) is 0 Å². The first-order chi connectivity index (χ1) is 10.7. The maximum atomic E-state index is 12.0. The van der Waals surface area contributed by atoms with Crippen LogP contribution < -0.4 is 10.6 Å². The summed E-state index contributed by atoms with van der Waals surface area (Å²) in [5.41, 5.74) is -0.0429. The first-order valence-corrected chi connectivity index (χ1v) is 7.93. The van der Waals surface area contributed by atoms with Gasteiger partial charge in [0.15, 0.2) is 0 Å². The molecule has 0 aliphatic heterocycles. The molecule has 0 radical (unpaired) electrons. The average Bonchev–Trinajstić information content (AvgIpc) is 2.80. The van der Waals surface area contributed by atoms with E-state index in [1.54, 1.807) is 12.1 Å². The van der Waals surface area contributed by atoms with Crippen molar-refractivity contribution in [1.82, 2.24) is 10.6 Å². The molecule has 0 saturated heterocycles. The van der Waals surface area contributed by atoms with Gasteiger partial charge in [-0.05, 0) is 18.9 Å². The Balaban J connectivity index is 0.00000264. The second-order valence-electron chi connectivity index (χ2n) is 5.67. The van der Waals surface area contributed by atoms with E-state index in [1.807, 2.05) is 0 Å². The summed E-state index contributed by atoms with van der Waals surface area (Å²) in [6.45, 7) is 1.17. The van der Waals surface area contributed by atoms with Crippen LogP contribution in [-0.2, 0) is 0 Å². The van der Waals surface area contributed by atoms with Gasteiger partial charge in [0, 0.05) is 25.2 Å². The average molecular weight is 342 g/mol. The number of halogens is 1. The number of nitro groups is 1. The standard InChI is InChI=1S/C16H23N3O3.ClH/c20-16(14-9-5-6-10-15(14)19(21)22)18-12-11-17-13-7-3-1-2-4-8-13;/h5-6,9-10,13,17H,1-4,7-8,11-12H2,(H,18,20);1H. The van der Waals surface area contributed by atoms with Crippen molar-refractivity contribution in [2.24, 2.45) is 0 Å². The molecule has 0 heterocycles. The summed E-state index contributed by atoms with van der Waals surface area (Å²) in [6, 6.07) is 6.55. The first kappa shape index (κ1) is 19.4. The number of nitro benzene ring substituents is 1. The molecule has 1 aromatic rings. The number of hydrogen-bond acceptors (Lipinski definition) is 4. The van der Waals surface area contributed by atoms with E-state index >= 15 is 0 Å². The van der Waals surface area contributed by atoms with E-state index in [4.69, 9.17) is 0 Å². The molecule has 0 bridgehead atoms. The van der Waals surface area contributed by atoms with Crippen LogP contribution in [0.2, 0.25) is 0 Å². The van der Waals surface area contributed by atoms with E-state index in [0.29, 0.717) is 19.1 Å². The normalized spacial score (nSPS) is 15.3. The Kier molecular flexibility index (Phi) is 8.58. The fraction of sp³-hybridized carbons (Fsp3) is 0.562. The molecule has 1 fully saturated rings. The molecule has 0 aromatic heterocycles. The van der Waals surface area contributed by atoms with Crippen LogP contribution in [0.4, 0.5) is 5.69 Å². The molecule has 1 amide bonds. The van der Waals surface area contributed by atoms with Crippen molar-refractivity contribution < 1.29 is 9.72 Å². The Bertz CT molecular complexity index is 517. The predicted octanol–water partition coefficient (Wildman–Crippen LogP) is 3.06. The number of benzene rings is 1. The summed E-state index contributed by atoms with van der Waals surface area (Å²) in [4.78, 5) is 22.4. The van der Waals surface area contributed by atoms with E-state index in [9.17, 15) is 14.9 Å². The molecule has 2 N–H and O–H groups in total. The van der Waals surface area contributed by atoms with Crippen molar-refractivity contribution in [2.75, 3.05) is 13.1 Å². The van der Waals surface area contributed by atoms with Crippen LogP contribution in [-0.4, -0.2) is 30.0 Å². The second-order valence-corrected chi connectivity index (χ2v) is 5.67. The van der Waals surface area contributed by atoms with Gasteiger partial charge in [-0.2, -0.15) is 0 Å². The number of carbonyl (C=O) groups excluding carboxylic acids is 1. The lowest BCUT2D eigenvalue weighted by Crippen LogP contribution is -2.37. The summed E-state index contributed by atoms with van der Waals surface area (Å²) >= 11 is 0. The molecule has 23 heavy (non-hydrogen) atoms. The largest absolute Gasteiger partial charge is 0.351 e. The zero-order chi connectivity index (χ0) is 15.8. The van der Waals surface area contributed by atoms with Crippen molar-refractivity contribution >= 4 is 24.0 Å². The fourth-order valence-electron chi connectivity index (χ4n) is 2.86. The number of carbonyl (C=O) groups is 1. The zero-order valence-corrected chi connectivity index (χ0v) is 13.9. The number of hydrogen-bond donors (Lipinski definition) is 2. The van der Waals surface area contributed by atoms with Gasteiger partial charge in [0.05, 0.1) is 4.92 Å². The number of nitrogens with one attached hydrogen (secondary N) is 2. The third kappa shape index (κ3) is 6.15. The highest BCUT2D eigenvalue weighted by Gasteiger charge is 2.18. The Labute approximate surface area is 142 Å². The van der Waals surface area contributed by atoms with E-state index < -0.39 is 10.8 Å². The van der Waals surface area contributed by atoms with Gasteiger partial charge in [0.1, 0.15) is 5.56 Å². The van der Waals surface area contributed by atoms with Gasteiger partial charge in [-0.15, -0.1) is 12.4 Å². The molecule has 1 saturated carbocycles. The van der Waals surface area contributed by atoms with Crippen LogP contribution in [0, 0.1) is 10.1 Å². The lowest BCUT2D eigenvalue weighted by atomic mass is 10.1. The summed E-state index contributed by atoms with van der Waals surface area (Å²) < 4.78 is 0. The highest BCUT2D eigenvalue weighted by atomic mass is 35.5. The van der Waals surface area contributed by atoms with Crippen molar-refractivity contribution in [3.05, 3.63) is 39.9 Å². The van der Waals surface area contributed by atoms with E-state index in [1.165, 1.54) is 50.7 Å². The number of para-hydroxylation sites is 1. The molecule has 7 heteroatoms. The number of amides is 1. The topological polar surface area (TPSA) is 84.3 Å². The Hall–Kier alpha value is -1.66. The van der Waals surface area contributed by atoms with Crippen LogP contribution in [0.25, 0.3) is 0 Å². The van der Waals surface area contributed by atoms with Crippen LogP contribution in [0.3, 0.4) is 0 Å². The van der Waals surface area contributed by atoms with E-state index in [2.05, 4.69) is 10.6 Å². The summed E-state index contributed by atoms with van der Waals surface area (Å²) in [6.07, 6.45) is 7.54. The van der Waals surface area contributed by atoms with Crippen molar-refractivity contribution in [3.63, 3.8) is 0 Å². The van der Waals surface area contributed by atoms with Crippen molar-refractivity contribution in [3.8, 4) is 0 Å². The van der Waals surface area contributed by atoms with Gasteiger partial charge in [0.2, 0.25) is 0 Å². The molecular weight excluding hydrogens is 318 g/mol. The first-order valence-electron chi connectivity index (χ1n) is 7.93. The lowest BCUT2D eigenvalue weighted by Gasteiger charge is -2.16. The van der Waals surface area contributed by atoms with Crippen molar-refractivity contribution in [1.29, 1.82) is 0 Å². The lowest BCUT2D eigenvalue weighted by molar-refractivity contribution is -0.385. The molecule has 2 rings (SSSR count). The highest BCUT2D eigenvalue weighted by Crippen LogP contribution is 2.18. The highest BCUT2D eigenvalue weighted by molar-refractivity contribution is 5.98. The Morgan fingerprint density at radius 3 is 2.43 bits per heavy atom. The smallest absolute Gasteiger partial charge is 0.282 e. The van der Waals surface area contributed by atoms with Crippen LogP contribution in [0.15, 0.2) is 24.3 Å². The molecule has 6 nitrogen and oxygen atoms in total. The van der Waals surface area contributed by atoms with Crippen LogP contribution >= 0.6 is 12.4 Å². The SMILES string of the molecule is Cl.O=C(NCCNC1CCCCCC1)c1ccccc1[N+](=O)[O-]. The molecule has 1 aliphatic rings. The number of nitrogens with zero attached hydrogens (tertiary/aromatic N) is 1. The quantitative estimate of drug-likeness (QED) is 0.360. The molecular formula is C16H24ClN3O3. The Morgan fingerprint density at radius 1 is 1.13 bits per heavy atom. The maximum absolute atomic E-state index is 12.0. The fourth-order valence-corrected chi connectivity index (χ4v) is 2.86. The van der Waals surface area contributed by atoms with Gasteiger partial charge in [-0.1, -0.05) is 37.8 Å². The van der Waals surface area contributed by atoms with Gasteiger partial charge in [0.25, 0.3) is 11.6 Å². The second kappa shape index (κ2) is 10.2. The molecule has 0 spiro atoms. The Morgan fingerprint density at radius 2 is 1.78 bits per heavy atom. The molecule has 0 atom stereocenters. The number of rotatable bonds is 6. The molecule has 1 aromatic carbocycles. The van der Waals surface area contributed by atoms with Gasteiger partial charge in [-0.3, -0.25) is 14.9 Å². The van der Waals surface area contributed by atoms with Crippen molar-refractivity contribution in [2.45, 2.75) is 44.6 Å². The van der Waals surface area contributed by atoms with E-state index in [0.717, 1.165) is 0 Å². The predicted molar refractivity (Wildman–Crippen MR) is 92.2 cm³/mol. The minimum absolute atomic E-state index is 0. The molecule has 1 aliphatic carbocycles. The minimum atomic E-state index is -0.529. The van der Waals surface area contributed by atoms with Gasteiger partial charge >= 0.3 is 0 Å². The third-order valence-electron chi connectivity index (χ3n) is 4.04. The van der Waals surface area contributed by atoms with E-state index in [-0.39, 0.29) is 23.7 Å².